The van der Waals surface area contributed by atoms with Gasteiger partial charge in [-0.05, 0) is 233 Å². The molecule has 0 bridgehead atoms. The van der Waals surface area contributed by atoms with E-state index >= 15 is 0 Å². The van der Waals surface area contributed by atoms with Crippen molar-refractivity contribution < 1.29 is 45.9 Å². The molecule has 534 valence electrons. The number of fused-ring (bicyclic) bond motifs is 6. The van der Waals surface area contributed by atoms with Crippen LogP contribution in [-0.4, -0.2) is 42.0 Å². The average molecular weight is 1520 g/mol. The number of aliphatic hydroxyl groups is 2. The van der Waals surface area contributed by atoms with Gasteiger partial charge in [-0.25, -0.2) is 0 Å². The van der Waals surface area contributed by atoms with E-state index in [0.29, 0.717) is 13.2 Å². The third-order valence-electron chi connectivity index (χ3n) is 20.5. The van der Waals surface area contributed by atoms with E-state index in [1.807, 2.05) is 84.9 Å². The van der Waals surface area contributed by atoms with E-state index in [2.05, 4.69) is 262 Å². The second-order valence-electron chi connectivity index (χ2n) is 28.8. The van der Waals surface area contributed by atoms with Gasteiger partial charge in [0.15, 0.2) is 24.7 Å². The van der Waals surface area contributed by atoms with E-state index in [0.717, 1.165) is 111 Å². The van der Waals surface area contributed by atoms with E-state index in [1.54, 1.807) is 22.7 Å². The molecule has 0 saturated carbocycles. The Morgan fingerprint density at radius 1 is 0.308 bits per heavy atom. The summed E-state index contributed by atoms with van der Waals surface area (Å²) in [7, 11) is 0. The smallest absolute Gasteiger partial charge is 0.262 e. The van der Waals surface area contributed by atoms with Crippen molar-refractivity contribution in [2.45, 2.75) is 95.9 Å². The quantitative estimate of drug-likeness (QED) is 0.0610. The number of aryl methyl sites for hydroxylation is 12. The molecule has 16 aromatic rings. The molecular formula is C98H92N2O4S2Zr. The Labute approximate surface area is 658 Å². The van der Waals surface area contributed by atoms with Gasteiger partial charge in [-0.2, -0.15) is 49.2 Å². The molecule has 0 spiro atoms. The summed E-state index contributed by atoms with van der Waals surface area (Å²) in [5, 5.41) is 35.3. The Kier molecular flexibility index (Phi) is 22.3. The van der Waals surface area contributed by atoms with E-state index < -0.39 is 0 Å². The van der Waals surface area contributed by atoms with Gasteiger partial charge in [0.05, 0.1) is 33.2 Å². The number of aromatic nitrogens is 2. The zero-order chi connectivity index (χ0) is 74.2. The molecule has 0 fully saturated rings. The van der Waals surface area contributed by atoms with Gasteiger partial charge in [-0.3, -0.25) is 9.13 Å². The van der Waals surface area contributed by atoms with Crippen LogP contribution in [0.15, 0.2) is 241 Å². The molecule has 4 N–H and O–H groups in total. The van der Waals surface area contributed by atoms with Crippen LogP contribution in [0.25, 0.3) is 120 Å². The maximum Gasteiger partial charge on any atom is 0.262 e. The van der Waals surface area contributed by atoms with Crippen molar-refractivity contribution in [3.8, 4) is 99.8 Å². The Hall–Kier alpha value is -10.5. The molecule has 0 atom stereocenters. The fraction of sp³-hybridized carbons (Fsp3) is 0.163. The summed E-state index contributed by atoms with van der Waals surface area (Å²) in [4.78, 5) is 0. The number of para-hydroxylation sites is 2. The summed E-state index contributed by atoms with van der Waals surface area (Å²) in [5.41, 5.74) is 34.6. The van der Waals surface area contributed by atoms with Crippen LogP contribution in [0, 0.1) is 96.9 Å². The van der Waals surface area contributed by atoms with Crippen LogP contribution in [0.5, 0.6) is 23.0 Å². The van der Waals surface area contributed by atoms with Gasteiger partial charge in [0.1, 0.15) is 10.0 Å². The minimum absolute atomic E-state index is 0. The Bertz CT molecular complexity index is 5300. The molecule has 0 aliphatic carbocycles. The number of aromatic hydroxyl groups is 4. The van der Waals surface area contributed by atoms with Gasteiger partial charge < -0.3 is 19.7 Å². The largest absolute Gasteiger partial charge is 0.582 e. The van der Waals surface area contributed by atoms with Gasteiger partial charge in [0.2, 0.25) is 0 Å². The van der Waals surface area contributed by atoms with Crippen LogP contribution in [0.1, 0.15) is 90.7 Å². The summed E-state index contributed by atoms with van der Waals surface area (Å²) < 4.78 is 14.9. The number of hydrogen-bond acceptors (Lipinski definition) is 4. The maximum atomic E-state index is 12.5. The number of thiophene rings is 2. The molecule has 0 aliphatic rings. The van der Waals surface area contributed by atoms with E-state index in [1.165, 1.54) is 111 Å². The maximum absolute atomic E-state index is 12.5. The molecule has 0 radical (unpaired) electrons. The molecular weight excluding hydrogens is 1420 g/mol. The minimum Gasteiger partial charge on any atom is -0.582 e. The van der Waals surface area contributed by atoms with Crippen molar-refractivity contribution in [1.82, 2.24) is 9.13 Å². The SMILES string of the molecule is Cc1cc(C)c(-c2ccc3c(c2)c2cc(-c4c(C)cc(C)cc4C)ccc2n3-c2scc(-c3ccccc3[OH+]CCCC[OH+]c3ccccc3-c3csc(-n4c5ccc(-c6c(C)cc(C)cc6C)cc5c5cc(-c6c(C)cc(C)cc6C)ccc54)c3O)c2O)c(C)c1.[CH2-]c1ccccc1.[CH2-]c1ccccc1.[Zr]. The molecule has 12 aromatic carbocycles. The first-order valence-electron chi connectivity index (χ1n) is 36.6. The third kappa shape index (κ3) is 15.2. The molecule has 107 heavy (non-hydrogen) atoms. The monoisotopic (exact) mass is 1510 g/mol. The summed E-state index contributed by atoms with van der Waals surface area (Å²) in [6, 6.07) is 81.6. The Morgan fingerprint density at radius 2 is 0.561 bits per heavy atom. The molecule has 6 nitrogen and oxygen atoms in total. The van der Waals surface area contributed by atoms with Crippen LogP contribution in [0.4, 0.5) is 0 Å². The second kappa shape index (κ2) is 31.9. The summed E-state index contributed by atoms with van der Waals surface area (Å²) >= 11 is 3.12. The topological polar surface area (TPSA) is 75.9 Å². The number of hydrogen-bond donors (Lipinski definition) is 2. The first-order valence-corrected chi connectivity index (χ1v) is 38.3. The first kappa shape index (κ1) is 74.7. The van der Waals surface area contributed by atoms with Crippen molar-refractivity contribution in [1.29, 1.82) is 0 Å². The van der Waals surface area contributed by atoms with Gasteiger partial charge in [0.25, 0.3) is 11.5 Å². The van der Waals surface area contributed by atoms with Crippen LogP contribution in [0.3, 0.4) is 0 Å². The number of ether oxygens (including phenoxy) is 2. The van der Waals surface area contributed by atoms with Crippen molar-refractivity contribution in [3.63, 3.8) is 0 Å². The second-order valence-corrected chi connectivity index (χ2v) is 30.5. The normalized spacial score (nSPS) is 11.2. The van der Waals surface area contributed by atoms with Gasteiger partial charge in [-0.15, -0.1) is 46.9 Å². The number of benzene rings is 12. The molecule has 0 amide bonds. The molecule has 16 rings (SSSR count). The molecule has 0 aliphatic heterocycles. The first-order chi connectivity index (χ1) is 51.2. The predicted molar refractivity (Wildman–Crippen MR) is 454 cm³/mol. The van der Waals surface area contributed by atoms with Crippen LogP contribution >= 0.6 is 22.7 Å². The molecule has 4 heterocycles. The van der Waals surface area contributed by atoms with Crippen LogP contribution in [-0.2, 0) is 26.2 Å². The van der Waals surface area contributed by atoms with Crippen molar-refractivity contribution in [2.24, 2.45) is 0 Å². The molecule has 0 unspecified atom stereocenters. The van der Waals surface area contributed by atoms with E-state index in [9.17, 15) is 10.2 Å². The molecule has 4 aromatic heterocycles. The van der Waals surface area contributed by atoms with Crippen LogP contribution in [0.2, 0.25) is 0 Å². The number of nitrogens with zero attached hydrogens (tertiary/aromatic N) is 2. The Balaban J connectivity index is 0.000000607. The number of rotatable bonds is 15. The zero-order valence-corrected chi connectivity index (χ0v) is 67.4. The van der Waals surface area contributed by atoms with Crippen molar-refractivity contribution in [3.05, 3.63) is 333 Å². The fourth-order valence-corrected chi connectivity index (χ4v) is 18.3. The van der Waals surface area contributed by atoms with Crippen LogP contribution < -0.4 is 0 Å². The average Bonchev–Trinajstić information content (AvgIpc) is 1.58. The summed E-state index contributed by atoms with van der Waals surface area (Å²) in [6.45, 7) is 35.0. The van der Waals surface area contributed by atoms with Gasteiger partial charge >= 0.3 is 0 Å². The zero-order valence-electron chi connectivity index (χ0n) is 63.3. The molecule has 0 saturated heterocycles. The Morgan fingerprint density at radius 3 is 0.813 bits per heavy atom. The van der Waals surface area contributed by atoms with Crippen molar-refractivity contribution >= 4 is 66.3 Å². The summed E-state index contributed by atoms with van der Waals surface area (Å²) in [6.07, 6.45) is 1.65. The summed E-state index contributed by atoms with van der Waals surface area (Å²) in [5.74, 6) is 2.18. The molecule has 9 heteroatoms. The van der Waals surface area contributed by atoms with Gasteiger partial charge in [0, 0.05) is 94.6 Å². The van der Waals surface area contributed by atoms with Gasteiger partial charge in [-0.1, -0.05) is 131 Å². The van der Waals surface area contributed by atoms with E-state index in [4.69, 9.17) is 9.47 Å². The predicted octanol–water partition coefficient (Wildman–Crippen LogP) is 26.8. The third-order valence-corrected chi connectivity index (χ3v) is 22.4. The fourth-order valence-electron chi connectivity index (χ4n) is 16.3. The minimum atomic E-state index is 0. The number of unbranched alkanes of at least 4 members (excludes halogenated alkanes) is 1. The van der Waals surface area contributed by atoms with Crippen molar-refractivity contribution in [2.75, 3.05) is 13.2 Å². The standard InChI is InChI=1S/C84H76N2O4S2.2C7H7.Zr/c1-47-33-51(5)77(52(6)34-47)59-23-27-71-65(41-59)66-42-60(78-53(7)35-48(2)36-54(78)8)24-28-72(66)85(71)83-81(87)69(45-91-83)63-19-13-15-21-75(63)89-31-17-18-32-90-76-22-16-14-20-64(76)70-46-92-84(82(70)88)86-73-29-25-61(79-55(9)37-49(3)38-56(79)10)43-67(73)68-44-62(26-30-74(68)86)80-57(11)39-50(4)40-58(80)12;2*1-7-5-3-2-4-6-7;/h13-16,19-30,33-46,87-88H,17-18,31-32H2,1-12H3;2*2-6H,1H2;/q;2*-1;/p+2. The van der Waals surface area contributed by atoms with E-state index in [-0.39, 0.29) is 37.7 Å².